The SMILES string of the molecule is COc1ccc(C2C3=C(Nc4ncnn42)c2ccccc2C3=O)cc1. The Balaban J connectivity index is 1.73. The van der Waals surface area contributed by atoms with Crippen LogP contribution in [0.25, 0.3) is 5.70 Å². The van der Waals surface area contributed by atoms with Crippen LogP contribution >= 0.6 is 0 Å². The molecule has 5 rings (SSSR count). The van der Waals surface area contributed by atoms with Crippen LogP contribution in [-0.2, 0) is 0 Å². The molecule has 3 aromatic rings. The van der Waals surface area contributed by atoms with Gasteiger partial charge in [-0.25, -0.2) is 4.68 Å². The Morgan fingerprint density at radius 1 is 1.08 bits per heavy atom. The molecule has 25 heavy (non-hydrogen) atoms. The van der Waals surface area contributed by atoms with Crippen molar-refractivity contribution in [2.75, 3.05) is 12.4 Å². The number of carbonyl (C=O) groups excluding carboxylic acids is 1. The number of Topliss-reactive ketones (excluding diaryl/α,β-unsaturated/α-hetero) is 1. The summed E-state index contributed by atoms with van der Waals surface area (Å²) in [6, 6.07) is 15.0. The van der Waals surface area contributed by atoms with Crippen molar-refractivity contribution in [3.8, 4) is 5.75 Å². The Morgan fingerprint density at radius 2 is 1.84 bits per heavy atom. The Kier molecular flexibility index (Phi) is 2.82. The number of ketones is 1. The molecule has 0 fully saturated rings. The lowest BCUT2D eigenvalue weighted by molar-refractivity contribution is 0.102. The summed E-state index contributed by atoms with van der Waals surface area (Å²) in [6.45, 7) is 0. The van der Waals surface area contributed by atoms with Crippen molar-refractivity contribution in [2.45, 2.75) is 6.04 Å². The lowest BCUT2D eigenvalue weighted by Gasteiger charge is -2.26. The molecule has 6 nitrogen and oxygen atoms in total. The first-order valence-electron chi connectivity index (χ1n) is 7.96. The number of fused-ring (bicyclic) bond motifs is 3. The van der Waals surface area contributed by atoms with Crippen molar-refractivity contribution in [2.24, 2.45) is 0 Å². The van der Waals surface area contributed by atoms with Crippen molar-refractivity contribution in [1.29, 1.82) is 0 Å². The van der Waals surface area contributed by atoms with Gasteiger partial charge in [-0.05, 0) is 17.7 Å². The average Bonchev–Trinajstić information content (AvgIpc) is 3.24. The van der Waals surface area contributed by atoms with Crippen molar-refractivity contribution < 1.29 is 9.53 Å². The molecule has 0 radical (unpaired) electrons. The minimum Gasteiger partial charge on any atom is -0.497 e. The summed E-state index contributed by atoms with van der Waals surface area (Å²) in [7, 11) is 1.63. The molecular formula is C19H14N4O2. The lowest BCUT2D eigenvalue weighted by Crippen LogP contribution is -2.25. The zero-order valence-corrected chi connectivity index (χ0v) is 13.4. The minimum atomic E-state index is -0.320. The molecule has 0 saturated heterocycles. The van der Waals surface area contributed by atoms with E-state index in [0.717, 1.165) is 22.6 Å². The standard InChI is InChI=1S/C19H14N4O2/c1-25-12-8-6-11(7-9-12)17-15-16(22-19-20-10-21-23(17)19)13-4-2-3-5-14(13)18(15)24/h2-10,17H,1H3,(H,20,21,22). The first-order valence-corrected chi connectivity index (χ1v) is 7.96. The van der Waals surface area contributed by atoms with E-state index in [1.807, 2.05) is 48.5 Å². The summed E-state index contributed by atoms with van der Waals surface area (Å²) in [4.78, 5) is 17.4. The third-order valence-electron chi connectivity index (χ3n) is 4.71. The summed E-state index contributed by atoms with van der Waals surface area (Å²) in [6.07, 6.45) is 1.50. The zero-order valence-electron chi connectivity index (χ0n) is 13.4. The van der Waals surface area contributed by atoms with E-state index in [1.165, 1.54) is 6.33 Å². The summed E-state index contributed by atoms with van der Waals surface area (Å²) in [5.74, 6) is 1.43. The van der Waals surface area contributed by atoms with E-state index in [-0.39, 0.29) is 11.8 Å². The number of allylic oxidation sites excluding steroid dienone is 1. The van der Waals surface area contributed by atoms with Crippen LogP contribution in [0.1, 0.15) is 27.5 Å². The second-order valence-corrected chi connectivity index (χ2v) is 5.99. The number of aromatic nitrogens is 3. The third-order valence-corrected chi connectivity index (χ3v) is 4.71. The molecule has 1 N–H and O–H groups in total. The summed E-state index contributed by atoms with van der Waals surface area (Å²) in [5.41, 5.74) is 4.11. The fourth-order valence-electron chi connectivity index (χ4n) is 3.56. The van der Waals surface area contributed by atoms with Gasteiger partial charge in [-0.2, -0.15) is 10.1 Å². The molecule has 0 saturated carbocycles. The second-order valence-electron chi connectivity index (χ2n) is 5.99. The number of benzene rings is 2. The molecular weight excluding hydrogens is 316 g/mol. The van der Waals surface area contributed by atoms with E-state index in [9.17, 15) is 4.79 Å². The Labute approximate surface area is 143 Å². The molecule has 1 unspecified atom stereocenters. The molecule has 0 amide bonds. The van der Waals surface area contributed by atoms with Gasteiger partial charge in [0, 0.05) is 11.1 Å². The molecule has 1 aromatic heterocycles. The topological polar surface area (TPSA) is 69.0 Å². The normalized spacial score (nSPS) is 17.6. The van der Waals surface area contributed by atoms with Gasteiger partial charge in [0.25, 0.3) is 0 Å². The van der Waals surface area contributed by atoms with Crippen molar-refractivity contribution in [3.05, 3.63) is 77.1 Å². The fourth-order valence-corrected chi connectivity index (χ4v) is 3.56. The van der Waals surface area contributed by atoms with Gasteiger partial charge in [0.2, 0.25) is 5.95 Å². The van der Waals surface area contributed by atoms with Gasteiger partial charge in [-0.15, -0.1) is 0 Å². The molecule has 1 aliphatic heterocycles. The highest BCUT2D eigenvalue weighted by atomic mass is 16.5. The smallest absolute Gasteiger partial charge is 0.226 e. The molecule has 122 valence electrons. The maximum atomic E-state index is 13.1. The van der Waals surface area contributed by atoms with Crippen molar-refractivity contribution in [1.82, 2.24) is 14.8 Å². The number of nitrogens with one attached hydrogen (secondary N) is 1. The van der Waals surface area contributed by atoms with Crippen LogP contribution in [0.4, 0.5) is 5.95 Å². The first kappa shape index (κ1) is 14.0. The Hall–Kier alpha value is -3.41. The predicted octanol–water partition coefficient (Wildman–Crippen LogP) is 2.91. The molecule has 2 aliphatic rings. The van der Waals surface area contributed by atoms with E-state index in [2.05, 4.69) is 15.4 Å². The van der Waals surface area contributed by atoms with Crippen LogP contribution < -0.4 is 10.1 Å². The number of rotatable bonds is 2. The second kappa shape index (κ2) is 5.04. The first-order chi connectivity index (χ1) is 12.3. The number of hydrogen-bond donors (Lipinski definition) is 1. The van der Waals surface area contributed by atoms with E-state index in [0.29, 0.717) is 17.1 Å². The van der Waals surface area contributed by atoms with Gasteiger partial charge in [-0.1, -0.05) is 36.4 Å². The van der Waals surface area contributed by atoms with Gasteiger partial charge in [0.15, 0.2) is 5.78 Å². The van der Waals surface area contributed by atoms with Crippen LogP contribution in [0.5, 0.6) is 5.75 Å². The number of ether oxygens (including phenoxy) is 1. The maximum Gasteiger partial charge on any atom is 0.226 e. The number of carbonyl (C=O) groups is 1. The Morgan fingerprint density at radius 3 is 2.60 bits per heavy atom. The van der Waals surface area contributed by atoms with Gasteiger partial charge >= 0.3 is 0 Å². The van der Waals surface area contributed by atoms with Crippen LogP contribution in [0.3, 0.4) is 0 Å². The van der Waals surface area contributed by atoms with Crippen LogP contribution in [0, 0.1) is 0 Å². The third kappa shape index (κ3) is 1.88. The zero-order chi connectivity index (χ0) is 17.0. The fraction of sp³-hybridized carbons (Fsp3) is 0.105. The number of methoxy groups -OCH3 is 1. The highest BCUT2D eigenvalue weighted by Crippen LogP contribution is 2.44. The van der Waals surface area contributed by atoms with Gasteiger partial charge in [0.05, 0.1) is 18.4 Å². The van der Waals surface area contributed by atoms with E-state index in [1.54, 1.807) is 11.8 Å². The molecule has 2 aromatic carbocycles. The minimum absolute atomic E-state index is 0.0278. The molecule has 1 atom stereocenters. The molecule has 2 heterocycles. The molecule has 6 heteroatoms. The average molecular weight is 330 g/mol. The van der Waals surface area contributed by atoms with E-state index < -0.39 is 0 Å². The predicted molar refractivity (Wildman–Crippen MR) is 92.5 cm³/mol. The van der Waals surface area contributed by atoms with Crippen molar-refractivity contribution in [3.63, 3.8) is 0 Å². The number of anilines is 1. The highest BCUT2D eigenvalue weighted by Gasteiger charge is 2.40. The van der Waals surface area contributed by atoms with Crippen LogP contribution in [0.2, 0.25) is 0 Å². The number of nitrogens with zero attached hydrogens (tertiary/aromatic N) is 3. The highest BCUT2D eigenvalue weighted by molar-refractivity contribution is 6.23. The van der Waals surface area contributed by atoms with E-state index >= 15 is 0 Å². The van der Waals surface area contributed by atoms with Crippen molar-refractivity contribution >= 4 is 17.4 Å². The summed E-state index contributed by atoms with van der Waals surface area (Å²) >= 11 is 0. The lowest BCUT2D eigenvalue weighted by atomic mass is 9.94. The quantitative estimate of drug-likeness (QED) is 0.782. The molecule has 0 spiro atoms. The largest absolute Gasteiger partial charge is 0.497 e. The van der Waals surface area contributed by atoms with Gasteiger partial charge < -0.3 is 10.1 Å². The summed E-state index contributed by atoms with van der Waals surface area (Å²) < 4.78 is 7.00. The van der Waals surface area contributed by atoms with E-state index in [4.69, 9.17) is 4.74 Å². The molecule has 0 bridgehead atoms. The maximum absolute atomic E-state index is 13.1. The Bertz CT molecular complexity index is 1030. The summed E-state index contributed by atoms with van der Waals surface area (Å²) in [5, 5.41) is 7.61. The monoisotopic (exact) mass is 330 g/mol. The number of hydrogen-bond acceptors (Lipinski definition) is 5. The molecule has 1 aliphatic carbocycles. The van der Waals surface area contributed by atoms with Gasteiger partial charge in [0.1, 0.15) is 18.1 Å². The van der Waals surface area contributed by atoms with Gasteiger partial charge in [-0.3, -0.25) is 4.79 Å². The van der Waals surface area contributed by atoms with Crippen LogP contribution in [0.15, 0.2) is 60.4 Å². The van der Waals surface area contributed by atoms with Crippen LogP contribution in [-0.4, -0.2) is 27.7 Å².